The monoisotopic (exact) mass is 272 g/mol. The molecule has 104 valence electrons. The van der Waals surface area contributed by atoms with Crippen LogP contribution in [-0.4, -0.2) is 26.4 Å². The van der Waals surface area contributed by atoms with Gasteiger partial charge in [-0.1, -0.05) is 6.07 Å². The Morgan fingerprint density at radius 2 is 2.10 bits per heavy atom. The maximum atomic E-state index is 12.1. The van der Waals surface area contributed by atoms with Gasteiger partial charge in [0.1, 0.15) is 29.2 Å². The SMILES string of the molecule is CC1(C)Oc2cccnc2C(n2ccccc2=O)C1O. The molecule has 0 bridgehead atoms. The number of fused-ring (bicyclic) bond motifs is 1. The van der Waals surface area contributed by atoms with Crippen molar-refractivity contribution in [3.63, 3.8) is 0 Å². The fourth-order valence-electron chi connectivity index (χ4n) is 2.54. The van der Waals surface area contributed by atoms with E-state index in [9.17, 15) is 9.90 Å². The lowest BCUT2D eigenvalue weighted by Crippen LogP contribution is -2.52. The summed E-state index contributed by atoms with van der Waals surface area (Å²) in [5, 5.41) is 10.6. The molecular weight excluding hydrogens is 256 g/mol. The molecule has 0 saturated heterocycles. The highest BCUT2D eigenvalue weighted by molar-refractivity contribution is 5.35. The second-order valence-corrected chi connectivity index (χ2v) is 5.43. The van der Waals surface area contributed by atoms with Crippen LogP contribution in [-0.2, 0) is 0 Å². The molecule has 2 atom stereocenters. The van der Waals surface area contributed by atoms with E-state index >= 15 is 0 Å². The van der Waals surface area contributed by atoms with Gasteiger partial charge in [-0.15, -0.1) is 0 Å². The van der Waals surface area contributed by atoms with Crippen molar-refractivity contribution in [3.05, 3.63) is 58.8 Å². The molecule has 2 aromatic heterocycles. The zero-order valence-corrected chi connectivity index (χ0v) is 11.4. The molecule has 0 saturated carbocycles. The third-order valence-corrected chi connectivity index (χ3v) is 3.61. The first-order chi connectivity index (χ1) is 9.50. The number of ether oxygens (including phenoxy) is 1. The van der Waals surface area contributed by atoms with Gasteiger partial charge in [-0.05, 0) is 32.0 Å². The van der Waals surface area contributed by atoms with E-state index in [2.05, 4.69) is 4.98 Å². The first kappa shape index (κ1) is 12.9. The Balaban J connectivity index is 2.23. The molecule has 1 aliphatic heterocycles. The van der Waals surface area contributed by atoms with E-state index in [1.54, 1.807) is 50.5 Å². The van der Waals surface area contributed by atoms with Crippen LogP contribution in [0.3, 0.4) is 0 Å². The molecule has 0 aliphatic carbocycles. The maximum Gasteiger partial charge on any atom is 0.251 e. The van der Waals surface area contributed by atoms with Crippen LogP contribution in [0.2, 0.25) is 0 Å². The summed E-state index contributed by atoms with van der Waals surface area (Å²) in [6, 6.07) is 7.93. The highest BCUT2D eigenvalue weighted by Gasteiger charge is 2.44. The Morgan fingerprint density at radius 1 is 1.30 bits per heavy atom. The van der Waals surface area contributed by atoms with Gasteiger partial charge < -0.3 is 14.4 Å². The smallest absolute Gasteiger partial charge is 0.251 e. The third kappa shape index (κ3) is 1.91. The molecule has 2 unspecified atom stereocenters. The van der Waals surface area contributed by atoms with E-state index < -0.39 is 17.7 Å². The predicted octanol–water partition coefficient (Wildman–Crippen LogP) is 1.36. The molecule has 20 heavy (non-hydrogen) atoms. The summed E-state index contributed by atoms with van der Waals surface area (Å²) in [7, 11) is 0. The van der Waals surface area contributed by atoms with Gasteiger partial charge in [-0.3, -0.25) is 9.78 Å². The Bertz CT molecular complexity index is 693. The maximum absolute atomic E-state index is 12.1. The fraction of sp³-hybridized carbons (Fsp3) is 0.333. The van der Waals surface area contributed by atoms with Crippen molar-refractivity contribution in [2.45, 2.75) is 31.6 Å². The van der Waals surface area contributed by atoms with Crippen LogP contribution in [0.15, 0.2) is 47.5 Å². The van der Waals surface area contributed by atoms with Crippen molar-refractivity contribution >= 4 is 0 Å². The molecule has 1 N–H and O–H groups in total. The number of hydrogen-bond acceptors (Lipinski definition) is 4. The highest BCUT2D eigenvalue weighted by atomic mass is 16.5. The van der Waals surface area contributed by atoms with Crippen molar-refractivity contribution in [3.8, 4) is 5.75 Å². The minimum Gasteiger partial charge on any atom is -0.483 e. The van der Waals surface area contributed by atoms with Crippen LogP contribution in [0.4, 0.5) is 0 Å². The molecule has 0 fully saturated rings. The summed E-state index contributed by atoms with van der Waals surface area (Å²) in [5.41, 5.74) is -0.394. The molecule has 3 rings (SSSR count). The predicted molar refractivity (Wildman–Crippen MR) is 73.8 cm³/mol. The van der Waals surface area contributed by atoms with Crippen LogP contribution in [0.25, 0.3) is 0 Å². The van der Waals surface area contributed by atoms with Crippen molar-refractivity contribution in [2.75, 3.05) is 0 Å². The summed E-state index contributed by atoms with van der Waals surface area (Å²) < 4.78 is 7.30. The molecule has 0 aromatic carbocycles. The largest absolute Gasteiger partial charge is 0.483 e. The van der Waals surface area contributed by atoms with Gasteiger partial charge in [0.25, 0.3) is 5.56 Å². The Labute approximate surface area is 116 Å². The van der Waals surface area contributed by atoms with Crippen molar-refractivity contribution in [1.82, 2.24) is 9.55 Å². The van der Waals surface area contributed by atoms with Crippen molar-refractivity contribution in [1.29, 1.82) is 0 Å². The number of hydrogen-bond donors (Lipinski definition) is 1. The summed E-state index contributed by atoms with van der Waals surface area (Å²) in [6.45, 7) is 3.60. The first-order valence-electron chi connectivity index (χ1n) is 6.50. The van der Waals surface area contributed by atoms with E-state index in [1.807, 2.05) is 0 Å². The minimum absolute atomic E-state index is 0.175. The van der Waals surface area contributed by atoms with E-state index in [-0.39, 0.29) is 5.56 Å². The van der Waals surface area contributed by atoms with Gasteiger partial charge in [0, 0.05) is 18.5 Å². The van der Waals surface area contributed by atoms with E-state index in [1.165, 1.54) is 10.6 Å². The fourth-order valence-corrected chi connectivity index (χ4v) is 2.54. The lowest BCUT2D eigenvalue weighted by Gasteiger charge is -2.41. The number of nitrogens with zero attached hydrogens (tertiary/aromatic N) is 2. The number of aromatic nitrogens is 2. The molecule has 0 radical (unpaired) electrons. The number of pyridine rings is 2. The average molecular weight is 272 g/mol. The molecule has 5 nitrogen and oxygen atoms in total. The third-order valence-electron chi connectivity index (χ3n) is 3.61. The molecule has 2 aromatic rings. The van der Waals surface area contributed by atoms with Crippen molar-refractivity contribution < 1.29 is 9.84 Å². The minimum atomic E-state index is -0.870. The van der Waals surface area contributed by atoms with Gasteiger partial charge in [-0.25, -0.2) is 0 Å². The summed E-state index contributed by atoms with van der Waals surface area (Å²) >= 11 is 0. The van der Waals surface area contributed by atoms with Crippen molar-refractivity contribution in [2.24, 2.45) is 0 Å². The molecule has 0 amide bonds. The zero-order valence-electron chi connectivity index (χ0n) is 11.4. The number of rotatable bonds is 1. The quantitative estimate of drug-likeness (QED) is 0.851. The van der Waals surface area contributed by atoms with Gasteiger partial charge in [0.05, 0.1) is 0 Å². The molecule has 5 heteroatoms. The highest BCUT2D eigenvalue weighted by Crippen LogP contribution is 2.39. The second-order valence-electron chi connectivity index (χ2n) is 5.43. The zero-order chi connectivity index (χ0) is 14.3. The Morgan fingerprint density at radius 3 is 2.85 bits per heavy atom. The summed E-state index contributed by atoms with van der Waals surface area (Å²) in [5.74, 6) is 0.601. The lowest BCUT2D eigenvalue weighted by atomic mass is 9.89. The average Bonchev–Trinajstić information content (AvgIpc) is 2.41. The van der Waals surface area contributed by atoms with Crippen LogP contribution < -0.4 is 10.3 Å². The lowest BCUT2D eigenvalue weighted by molar-refractivity contribution is -0.0658. The van der Waals surface area contributed by atoms with Crippen LogP contribution in [0.1, 0.15) is 25.6 Å². The van der Waals surface area contributed by atoms with E-state index in [0.717, 1.165) is 0 Å². The normalized spacial score (nSPS) is 23.8. The summed E-state index contributed by atoms with van der Waals surface area (Å²) in [4.78, 5) is 16.4. The van der Waals surface area contributed by atoms with Crippen LogP contribution in [0.5, 0.6) is 5.75 Å². The molecule has 0 spiro atoms. The van der Waals surface area contributed by atoms with Gasteiger partial charge in [-0.2, -0.15) is 0 Å². The van der Waals surface area contributed by atoms with E-state index in [4.69, 9.17) is 4.74 Å². The van der Waals surface area contributed by atoms with Crippen LogP contribution >= 0.6 is 0 Å². The number of aliphatic hydroxyl groups excluding tert-OH is 1. The van der Waals surface area contributed by atoms with Crippen LogP contribution in [0, 0.1) is 0 Å². The molecular formula is C15H16N2O3. The van der Waals surface area contributed by atoms with Gasteiger partial charge in [0.15, 0.2) is 0 Å². The molecule has 1 aliphatic rings. The first-order valence-corrected chi connectivity index (χ1v) is 6.50. The Kier molecular flexibility index (Phi) is 2.87. The molecule has 3 heterocycles. The topological polar surface area (TPSA) is 64.4 Å². The van der Waals surface area contributed by atoms with Gasteiger partial charge in [0.2, 0.25) is 0 Å². The number of aliphatic hydroxyl groups is 1. The van der Waals surface area contributed by atoms with Gasteiger partial charge >= 0.3 is 0 Å². The van der Waals surface area contributed by atoms with E-state index in [0.29, 0.717) is 11.4 Å². The summed E-state index contributed by atoms with van der Waals surface area (Å²) in [6.07, 6.45) is 2.43. The second kappa shape index (κ2) is 4.45. The Hall–Kier alpha value is -2.14. The standard InChI is InChI=1S/C15H16N2O3/c1-15(2)14(19)13(17-9-4-3-7-11(17)18)12-10(20-15)6-5-8-16-12/h3-9,13-14,19H,1-2H3.